The minimum Gasteiger partial charge on any atom is -0.397 e. The van der Waals surface area contributed by atoms with Gasteiger partial charge in [-0.2, -0.15) is 0 Å². The predicted octanol–water partition coefficient (Wildman–Crippen LogP) is 2.74. The van der Waals surface area contributed by atoms with Crippen molar-refractivity contribution in [2.45, 2.75) is 32.2 Å². The molecule has 0 saturated carbocycles. The van der Waals surface area contributed by atoms with Crippen LogP contribution in [0.1, 0.15) is 26.2 Å². The zero-order chi connectivity index (χ0) is 13.8. The van der Waals surface area contributed by atoms with Crippen molar-refractivity contribution in [3.8, 4) is 0 Å². The number of anilines is 2. The molecule has 2 rings (SSSR count). The average molecular weight is 282 g/mol. The molecule has 0 bridgehead atoms. The molecule has 4 nitrogen and oxygen atoms in total. The monoisotopic (exact) mass is 281 g/mol. The first-order valence-corrected chi connectivity index (χ1v) is 7.07. The number of amides is 1. The van der Waals surface area contributed by atoms with Gasteiger partial charge >= 0.3 is 0 Å². The molecule has 0 aliphatic carbocycles. The first kappa shape index (κ1) is 14.2. The molecule has 1 aromatic rings. The molecule has 1 amide bonds. The van der Waals surface area contributed by atoms with Gasteiger partial charge in [-0.3, -0.25) is 9.69 Å². The number of halogens is 1. The first-order chi connectivity index (χ1) is 9.10. The van der Waals surface area contributed by atoms with Crippen LogP contribution in [0.25, 0.3) is 0 Å². The van der Waals surface area contributed by atoms with Crippen molar-refractivity contribution >= 4 is 28.9 Å². The van der Waals surface area contributed by atoms with Crippen molar-refractivity contribution in [2.75, 3.05) is 24.1 Å². The Hall–Kier alpha value is -1.26. The van der Waals surface area contributed by atoms with Gasteiger partial charge in [-0.25, -0.2) is 0 Å². The largest absolute Gasteiger partial charge is 0.397 e. The maximum Gasteiger partial charge on any atom is 0.238 e. The Labute approximate surface area is 118 Å². The van der Waals surface area contributed by atoms with Crippen molar-refractivity contribution in [3.63, 3.8) is 0 Å². The summed E-state index contributed by atoms with van der Waals surface area (Å²) in [6, 6.07) is 5.63. The van der Waals surface area contributed by atoms with E-state index >= 15 is 0 Å². The van der Waals surface area contributed by atoms with Gasteiger partial charge in [0, 0.05) is 11.1 Å². The zero-order valence-electron chi connectivity index (χ0n) is 11.2. The summed E-state index contributed by atoms with van der Waals surface area (Å²) in [5, 5.41) is 3.42. The third-order valence-corrected chi connectivity index (χ3v) is 3.84. The van der Waals surface area contributed by atoms with Crippen molar-refractivity contribution < 1.29 is 4.79 Å². The van der Waals surface area contributed by atoms with Gasteiger partial charge < -0.3 is 11.1 Å². The molecule has 0 radical (unpaired) electrons. The molecule has 1 aliphatic heterocycles. The lowest BCUT2D eigenvalue weighted by molar-refractivity contribution is -0.117. The Balaban J connectivity index is 1.94. The molecule has 1 fully saturated rings. The van der Waals surface area contributed by atoms with Crippen LogP contribution in [0.3, 0.4) is 0 Å². The highest BCUT2D eigenvalue weighted by Gasteiger charge is 2.24. The maximum absolute atomic E-state index is 12.0. The Morgan fingerprint density at radius 1 is 1.58 bits per heavy atom. The number of nitrogens with zero attached hydrogens (tertiary/aromatic N) is 1. The summed E-state index contributed by atoms with van der Waals surface area (Å²) < 4.78 is 0. The van der Waals surface area contributed by atoms with E-state index < -0.39 is 0 Å². The average Bonchev–Trinajstić information content (AvgIpc) is 2.80. The highest BCUT2D eigenvalue weighted by molar-refractivity contribution is 6.31. The van der Waals surface area contributed by atoms with Crippen molar-refractivity contribution in [1.82, 2.24) is 4.90 Å². The van der Waals surface area contributed by atoms with Crippen molar-refractivity contribution in [2.24, 2.45) is 0 Å². The molecule has 1 heterocycles. The lowest BCUT2D eigenvalue weighted by Crippen LogP contribution is -2.36. The molecular formula is C14H20ClN3O. The van der Waals surface area contributed by atoms with Gasteiger partial charge in [0.05, 0.1) is 17.9 Å². The normalized spacial score (nSPS) is 19.6. The summed E-state index contributed by atoms with van der Waals surface area (Å²) in [7, 11) is 0. The second kappa shape index (κ2) is 6.26. The van der Waals surface area contributed by atoms with Gasteiger partial charge in [0.25, 0.3) is 0 Å². The quantitative estimate of drug-likeness (QED) is 0.835. The van der Waals surface area contributed by atoms with E-state index in [0.29, 0.717) is 29.0 Å². The Morgan fingerprint density at radius 3 is 3.05 bits per heavy atom. The summed E-state index contributed by atoms with van der Waals surface area (Å²) in [6.07, 6.45) is 3.46. The van der Waals surface area contributed by atoms with Crippen LogP contribution in [0.5, 0.6) is 0 Å². The van der Waals surface area contributed by atoms with E-state index in [4.69, 9.17) is 17.3 Å². The van der Waals surface area contributed by atoms with Gasteiger partial charge in [-0.1, -0.05) is 18.5 Å². The zero-order valence-corrected chi connectivity index (χ0v) is 11.9. The molecule has 1 saturated heterocycles. The summed E-state index contributed by atoms with van der Waals surface area (Å²) in [5.41, 5.74) is 6.94. The molecule has 19 heavy (non-hydrogen) atoms. The number of nitrogens with two attached hydrogens (primary N) is 1. The number of carbonyl (C=O) groups excluding carboxylic acids is 1. The number of nitrogen functional groups attached to an aromatic ring is 1. The third kappa shape index (κ3) is 3.61. The fourth-order valence-corrected chi connectivity index (χ4v) is 2.77. The molecule has 104 valence electrons. The fraction of sp³-hybridized carbons (Fsp3) is 0.500. The van der Waals surface area contributed by atoms with Crippen LogP contribution in [-0.4, -0.2) is 29.9 Å². The van der Waals surface area contributed by atoms with E-state index in [1.165, 1.54) is 12.8 Å². The SMILES string of the molecule is CCC1CCCN1CC(=O)Nc1ccc(Cl)cc1N. The fourth-order valence-electron chi connectivity index (χ4n) is 2.59. The molecule has 3 N–H and O–H groups in total. The van der Waals surface area contributed by atoms with Crippen molar-refractivity contribution in [3.05, 3.63) is 23.2 Å². The number of carbonyl (C=O) groups is 1. The van der Waals surface area contributed by atoms with E-state index in [1.54, 1.807) is 18.2 Å². The highest BCUT2D eigenvalue weighted by Crippen LogP contribution is 2.23. The second-order valence-electron chi connectivity index (χ2n) is 4.95. The smallest absolute Gasteiger partial charge is 0.238 e. The Bertz CT molecular complexity index is 464. The van der Waals surface area contributed by atoms with E-state index in [-0.39, 0.29) is 5.91 Å². The van der Waals surface area contributed by atoms with E-state index in [0.717, 1.165) is 13.0 Å². The Morgan fingerprint density at radius 2 is 2.37 bits per heavy atom. The number of benzene rings is 1. The van der Waals surface area contributed by atoms with Crippen LogP contribution >= 0.6 is 11.6 Å². The molecule has 0 aromatic heterocycles. The molecule has 0 spiro atoms. The van der Waals surface area contributed by atoms with Gasteiger partial charge in [0.2, 0.25) is 5.91 Å². The van der Waals surface area contributed by atoms with Gasteiger partial charge in [0.1, 0.15) is 0 Å². The first-order valence-electron chi connectivity index (χ1n) is 6.69. The van der Waals surface area contributed by atoms with Crippen LogP contribution in [-0.2, 0) is 4.79 Å². The predicted molar refractivity (Wildman–Crippen MR) is 79.4 cm³/mol. The lowest BCUT2D eigenvalue weighted by Gasteiger charge is -2.22. The van der Waals surface area contributed by atoms with Crippen LogP contribution in [0.15, 0.2) is 18.2 Å². The van der Waals surface area contributed by atoms with Crippen LogP contribution < -0.4 is 11.1 Å². The van der Waals surface area contributed by atoms with Crippen LogP contribution in [0.4, 0.5) is 11.4 Å². The summed E-state index contributed by atoms with van der Waals surface area (Å²) in [6.45, 7) is 3.60. The molecular weight excluding hydrogens is 262 g/mol. The molecule has 1 aromatic carbocycles. The number of likely N-dealkylation sites (tertiary alicyclic amines) is 1. The summed E-state index contributed by atoms with van der Waals surface area (Å²) >= 11 is 5.83. The molecule has 1 unspecified atom stereocenters. The maximum atomic E-state index is 12.0. The summed E-state index contributed by atoms with van der Waals surface area (Å²) in [5.74, 6) is -0.0191. The molecule has 1 atom stereocenters. The van der Waals surface area contributed by atoms with E-state index in [9.17, 15) is 4.79 Å². The highest BCUT2D eigenvalue weighted by atomic mass is 35.5. The minimum absolute atomic E-state index is 0.0191. The number of rotatable bonds is 4. The second-order valence-corrected chi connectivity index (χ2v) is 5.39. The minimum atomic E-state index is -0.0191. The Kier molecular flexibility index (Phi) is 4.66. The number of hydrogen-bond donors (Lipinski definition) is 2. The molecule has 1 aliphatic rings. The van der Waals surface area contributed by atoms with Crippen LogP contribution in [0.2, 0.25) is 5.02 Å². The molecule has 5 heteroatoms. The third-order valence-electron chi connectivity index (χ3n) is 3.60. The topological polar surface area (TPSA) is 58.4 Å². The van der Waals surface area contributed by atoms with E-state index in [2.05, 4.69) is 17.1 Å². The van der Waals surface area contributed by atoms with Crippen molar-refractivity contribution in [1.29, 1.82) is 0 Å². The van der Waals surface area contributed by atoms with Gasteiger partial charge in [-0.05, 0) is 44.0 Å². The number of hydrogen-bond acceptors (Lipinski definition) is 3. The summed E-state index contributed by atoms with van der Waals surface area (Å²) in [4.78, 5) is 14.3. The van der Waals surface area contributed by atoms with Gasteiger partial charge in [0.15, 0.2) is 0 Å². The van der Waals surface area contributed by atoms with Crippen LogP contribution in [0, 0.1) is 0 Å². The lowest BCUT2D eigenvalue weighted by atomic mass is 10.2. The standard InChI is InChI=1S/C14H20ClN3O/c1-2-11-4-3-7-18(11)9-14(19)17-13-6-5-10(15)8-12(13)16/h5-6,8,11H,2-4,7,9,16H2,1H3,(H,17,19). The van der Waals surface area contributed by atoms with E-state index in [1.807, 2.05) is 0 Å². The van der Waals surface area contributed by atoms with Gasteiger partial charge in [-0.15, -0.1) is 0 Å². The number of nitrogens with one attached hydrogen (secondary N) is 1.